The SMILES string of the molecule is CC(C)(C)OC(=O)N1CCC(NC(=O)OCc2ccccc2)C[C@H]1C(=O)O. The predicted octanol–water partition coefficient (Wildman–Crippen LogP) is 2.77. The van der Waals surface area contributed by atoms with Crippen molar-refractivity contribution in [3.63, 3.8) is 0 Å². The maximum absolute atomic E-state index is 12.2. The van der Waals surface area contributed by atoms with E-state index in [1.54, 1.807) is 20.8 Å². The molecule has 0 saturated carbocycles. The van der Waals surface area contributed by atoms with Crippen molar-refractivity contribution in [2.45, 2.75) is 57.9 Å². The molecule has 0 aromatic heterocycles. The van der Waals surface area contributed by atoms with Crippen LogP contribution in [0.4, 0.5) is 9.59 Å². The Hall–Kier alpha value is -2.77. The first-order valence-electron chi connectivity index (χ1n) is 8.85. The van der Waals surface area contributed by atoms with Crippen LogP contribution >= 0.6 is 0 Å². The molecule has 1 saturated heterocycles. The normalized spacial score (nSPS) is 19.9. The van der Waals surface area contributed by atoms with E-state index in [1.807, 2.05) is 30.3 Å². The van der Waals surface area contributed by atoms with Gasteiger partial charge in [-0.15, -0.1) is 0 Å². The molecule has 2 N–H and O–H groups in total. The average Bonchev–Trinajstić information content (AvgIpc) is 2.59. The summed E-state index contributed by atoms with van der Waals surface area (Å²) < 4.78 is 10.4. The number of nitrogens with one attached hydrogen (secondary N) is 1. The highest BCUT2D eigenvalue weighted by Gasteiger charge is 2.38. The van der Waals surface area contributed by atoms with Crippen LogP contribution in [0.5, 0.6) is 0 Å². The van der Waals surface area contributed by atoms with Gasteiger partial charge in [-0.3, -0.25) is 4.90 Å². The molecule has 27 heavy (non-hydrogen) atoms. The number of hydrogen-bond donors (Lipinski definition) is 2. The van der Waals surface area contributed by atoms with Crippen LogP contribution in [-0.2, 0) is 20.9 Å². The Labute approximate surface area is 158 Å². The third-order valence-corrected chi connectivity index (χ3v) is 4.05. The van der Waals surface area contributed by atoms with E-state index in [9.17, 15) is 19.5 Å². The van der Waals surface area contributed by atoms with Gasteiger partial charge in [-0.25, -0.2) is 14.4 Å². The lowest BCUT2D eigenvalue weighted by Crippen LogP contribution is -2.55. The lowest BCUT2D eigenvalue weighted by Gasteiger charge is -2.37. The molecule has 8 heteroatoms. The summed E-state index contributed by atoms with van der Waals surface area (Å²) in [5.74, 6) is -1.13. The van der Waals surface area contributed by atoms with Gasteiger partial charge in [0.25, 0.3) is 0 Å². The molecule has 2 amide bonds. The van der Waals surface area contributed by atoms with Crippen LogP contribution in [0.2, 0.25) is 0 Å². The number of alkyl carbamates (subject to hydrolysis) is 1. The molecule has 1 unspecified atom stereocenters. The molecule has 1 aromatic rings. The van der Waals surface area contributed by atoms with E-state index in [0.29, 0.717) is 6.42 Å². The standard InChI is InChI=1S/C19H26N2O6/c1-19(2,3)27-18(25)21-10-9-14(11-15(21)16(22)23)20-17(24)26-12-13-7-5-4-6-8-13/h4-8,14-15H,9-12H2,1-3H3,(H,20,24)(H,22,23)/t14?,15-/m0/s1. The fourth-order valence-corrected chi connectivity index (χ4v) is 2.80. The monoisotopic (exact) mass is 378 g/mol. The summed E-state index contributed by atoms with van der Waals surface area (Å²) in [5, 5.41) is 12.1. The van der Waals surface area contributed by atoms with Crippen molar-refractivity contribution in [2.75, 3.05) is 6.54 Å². The molecule has 8 nitrogen and oxygen atoms in total. The molecule has 0 bridgehead atoms. The Kier molecular flexibility index (Phi) is 6.65. The van der Waals surface area contributed by atoms with Crippen molar-refractivity contribution >= 4 is 18.2 Å². The van der Waals surface area contributed by atoms with E-state index in [1.165, 1.54) is 4.90 Å². The maximum atomic E-state index is 12.2. The quantitative estimate of drug-likeness (QED) is 0.835. The van der Waals surface area contributed by atoms with Gasteiger partial charge >= 0.3 is 18.2 Å². The molecule has 148 valence electrons. The van der Waals surface area contributed by atoms with Gasteiger partial charge in [0.05, 0.1) is 0 Å². The number of amides is 2. The number of aliphatic carboxylic acids is 1. The van der Waals surface area contributed by atoms with Gasteiger partial charge in [0, 0.05) is 12.6 Å². The van der Waals surface area contributed by atoms with Gasteiger partial charge in [0.2, 0.25) is 0 Å². The summed E-state index contributed by atoms with van der Waals surface area (Å²) >= 11 is 0. The molecule has 1 fully saturated rings. The maximum Gasteiger partial charge on any atom is 0.411 e. The topological polar surface area (TPSA) is 105 Å². The van der Waals surface area contributed by atoms with Crippen LogP contribution in [0.1, 0.15) is 39.2 Å². The van der Waals surface area contributed by atoms with E-state index in [2.05, 4.69) is 5.32 Å². The number of nitrogens with zero attached hydrogens (tertiary/aromatic N) is 1. The number of carbonyl (C=O) groups is 3. The Balaban J connectivity index is 1.89. The van der Waals surface area contributed by atoms with Crippen molar-refractivity contribution in [1.29, 1.82) is 0 Å². The van der Waals surface area contributed by atoms with Crippen LogP contribution in [0.25, 0.3) is 0 Å². The number of piperidine rings is 1. The van der Waals surface area contributed by atoms with Crippen molar-refractivity contribution in [3.8, 4) is 0 Å². The van der Waals surface area contributed by atoms with Crippen molar-refractivity contribution < 1.29 is 29.0 Å². The van der Waals surface area contributed by atoms with Crippen LogP contribution in [0.15, 0.2) is 30.3 Å². The van der Waals surface area contributed by atoms with Gasteiger partial charge in [0.15, 0.2) is 0 Å². The fourth-order valence-electron chi connectivity index (χ4n) is 2.80. The van der Waals surface area contributed by atoms with Gasteiger partial charge in [-0.2, -0.15) is 0 Å². The number of carboxylic acid groups (broad SMARTS) is 1. The van der Waals surface area contributed by atoms with Crippen LogP contribution in [0.3, 0.4) is 0 Å². The van der Waals surface area contributed by atoms with E-state index in [4.69, 9.17) is 9.47 Å². The second-order valence-electron chi connectivity index (χ2n) is 7.46. The first-order valence-corrected chi connectivity index (χ1v) is 8.85. The number of rotatable bonds is 4. The number of ether oxygens (including phenoxy) is 2. The number of hydrogen-bond acceptors (Lipinski definition) is 5. The first-order chi connectivity index (χ1) is 12.7. The highest BCUT2D eigenvalue weighted by atomic mass is 16.6. The molecule has 1 heterocycles. The van der Waals surface area contributed by atoms with Gasteiger partial charge in [0.1, 0.15) is 18.2 Å². The lowest BCUT2D eigenvalue weighted by atomic mass is 9.97. The minimum absolute atomic E-state index is 0.0923. The Morgan fingerprint density at radius 2 is 1.89 bits per heavy atom. The third-order valence-electron chi connectivity index (χ3n) is 4.05. The van der Waals surface area contributed by atoms with Gasteiger partial charge in [-0.05, 0) is 39.2 Å². The van der Waals surface area contributed by atoms with Crippen molar-refractivity contribution in [3.05, 3.63) is 35.9 Å². The molecule has 2 atom stereocenters. The highest BCUT2D eigenvalue weighted by Crippen LogP contribution is 2.21. The predicted molar refractivity (Wildman–Crippen MR) is 97.1 cm³/mol. The summed E-state index contributed by atoms with van der Waals surface area (Å²) in [6.07, 6.45) is -0.767. The van der Waals surface area contributed by atoms with E-state index < -0.39 is 35.8 Å². The number of likely N-dealkylation sites (tertiary alicyclic amines) is 1. The van der Waals surface area contributed by atoms with Gasteiger partial charge < -0.3 is 19.9 Å². The molecule has 1 aliphatic heterocycles. The number of carbonyl (C=O) groups excluding carboxylic acids is 2. The zero-order valence-corrected chi connectivity index (χ0v) is 15.8. The summed E-state index contributed by atoms with van der Waals surface area (Å²) in [6.45, 7) is 5.47. The largest absolute Gasteiger partial charge is 0.480 e. The molecule has 0 spiro atoms. The van der Waals surface area contributed by atoms with Crippen LogP contribution in [0, 0.1) is 0 Å². The molecular weight excluding hydrogens is 352 g/mol. The second-order valence-corrected chi connectivity index (χ2v) is 7.46. The Morgan fingerprint density at radius 3 is 2.48 bits per heavy atom. The minimum atomic E-state index is -1.13. The lowest BCUT2D eigenvalue weighted by molar-refractivity contribution is -0.144. The average molecular weight is 378 g/mol. The third kappa shape index (κ3) is 6.47. The Bertz CT molecular complexity index is 671. The summed E-state index contributed by atoms with van der Waals surface area (Å²) in [6, 6.07) is 7.79. The molecule has 2 rings (SSSR count). The summed E-state index contributed by atoms with van der Waals surface area (Å²) in [7, 11) is 0. The Morgan fingerprint density at radius 1 is 1.22 bits per heavy atom. The smallest absolute Gasteiger partial charge is 0.411 e. The van der Waals surface area contributed by atoms with Crippen molar-refractivity contribution in [2.24, 2.45) is 0 Å². The minimum Gasteiger partial charge on any atom is -0.480 e. The molecule has 0 radical (unpaired) electrons. The molecule has 0 aliphatic carbocycles. The fraction of sp³-hybridized carbons (Fsp3) is 0.526. The summed E-state index contributed by atoms with van der Waals surface area (Å²) in [4.78, 5) is 37.0. The first kappa shape index (κ1) is 20.5. The van der Waals surface area contributed by atoms with E-state index in [0.717, 1.165) is 5.56 Å². The summed E-state index contributed by atoms with van der Waals surface area (Å²) in [5.41, 5.74) is 0.145. The highest BCUT2D eigenvalue weighted by molar-refractivity contribution is 5.80. The van der Waals surface area contributed by atoms with Gasteiger partial charge in [-0.1, -0.05) is 30.3 Å². The molecule has 1 aromatic carbocycles. The van der Waals surface area contributed by atoms with E-state index in [-0.39, 0.29) is 19.6 Å². The van der Waals surface area contributed by atoms with Crippen LogP contribution < -0.4 is 5.32 Å². The van der Waals surface area contributed by atoms with Crippen molar-refractivity contribution in [1.82, 2.24) is 10.2 Å². The molecular formula is C19H26N2O6. The zero-order valence-electron chi connectivity index (χ0n) is 15.8. The van der Waals surface area contributed by atoms with E-state index >= 15 is 0 Å². The number of carboxylic acids is 1. The second kappa shape index (κ2) is 8.75. The number of benzene rings is 1. The van der Waals surface area contributed by atoms with Crippen LogP contribution in [-0.4, -0.2) is 52.4 Å². The molecule has 1 aliphatic rings. The zero-order chi connectivity index (χ0) is 20.0.